The first-order chi connectivity index (χ1) is 13.3. The monoisotopic (exact) mass is 421 g/mol. The van der Waals surface area contributed by atoms with Crippen molar-refractivity contribution >= 4 is 38.5 Å². The van der Waals surface area contributed by atoms with Gasteiger partial charge in [-0.2, -0.15) is 0 Å². The van der Waals surface area contributed by atoms with Gasteiger partial charge in [0.05, 0.1) is 16.8 Å². The number of hydrogen-bond acceptors (Lipinski definition) is 6. The molecule has 0 aliphatic carbocycles. The lowest BCUT2D eigenvalue weighted by molar-refractivity contribution is -0.137. The summed E-state index contributed by atoms with van der Waals surface area (Å²) >= 11 is 1.17. The van der Waals surface area contributed by atoms with Crippen LogP contribution in [0.2, 0.25) is 0 Å². The second-order valence-corrected chi connectivity index (χ2v) is 9.61. The fourth-order valence-electron chi connectivity index (χ4n) is 3.69. The molecule has 3 heterocycles. The van der Waals surface area contributed by atoms with Gasteiger partial charge in [-0.15, -0.1) is 0 Å². The Morgan fingerprint density at radius 1 is 1.36 bits per heavy atom. The smallest absolute Gasteiger partial charge is 0.304 e. The second-order valence-electron chi connectivity index (χ2n) is 6.65. The molecule has 0 fully saturated rings. The van der Waals surface area contributed by atoms with E-state index in [1.807, 2.05) is 4.57 Å². The maximum Gasteiger partial charge on any atom is 0.304 e. The van der Waals surface area contributed by atoms with Crippen molar-refractivity contribution in [3.8, 4) is 0 Å². The fourth-order valence-corrected chi connectivity index (χ4v) is 5.77. The maximum atomic E-state index is 14.2. The highest BCUT2D eigenvalue weighted by molar-refractivity contribution is 7.99. The molecule has 1 N–H and O–H groups in total. The number of halogens is 1. The van der Waals surface area contributed by atoms with Crippen LogP contribution in [0.15, 0.2) is 45.5 Å². The summed E-state index contributed by atoms with van der Waals surface area (Å²) in [6.07, 6.45) is 4.67. The molecular formula is C18H16FN3O4S2. The third kappa shape index (κ3) is 3.26. The third-order valence-electron chi connectivity index (χ3n) is 4.73. The molecule has 3 aromatic rings. The molecule has 0 bridgehead atoms. The van der Waals surface area contributed by atoms with Gasteiger partial charge in [-0.1, -0.05) is 0 Å². The molecule has 0 radical (unpaired) electrons. The predicted molar refractivity (Wildman–Crippen MR) is 101 cm³/mol. The van der Waals surface area contributed by atoms with Crippen LogP contribution in [0.25, 0.3) is 10.9 Å². The topological polar surface area (TPSA) is 102 Å². The van der Waals surface area contributed by atoms with E-state index < -0.39 is 21.6 Å². The zero-order valence-corrected chi connectivity index (χ0v) is 16.4. The molecule has 7 nitrogen and oxygen atoms in total. The Bertz CT molecular complexity index is 1190. The number of nitrogens with zero attached hydrogens (tertiary/aromatic N) is 3. The van der Waals surface area contributed by atoms with Crippen molar-refractivity contribution in [2.24, 2.45) is 0 Å². The van der Waals surface area contributed by atoms with E-state index in [4.69, 9.17) is 0 Å². The van der Waals surface area contributed by atoms with Crippen LogP contribution in [0, 0.1) is 5.82 Å². The lowest BCUT2D eigenvalue weighted by Gasteiger charge is -2.10. The first kappa shape index (κ1) is 18.9. The molecule has 0 spiro atoms. The minimum absolute atomic E-state index is 0.0871. The summed E-state index contributed by atoms with van der Waals surface area (Å²) in [5.74, 6) is -1.89. The largest absolute Gasteiger partial charge is 0.481 e. The molecule has 2 aromatic heterocycles. The van der Waals surface area contributed by atoms with Crippen LogP contribution >= 0.6 is 11.8 Å². The van der Waals surface area contributed by atoms with Crippen LogP contribution in [0.1, 0.15) is 24.5 Å². The number of aromatic nitrogens is 3. The van der Waals surface area contributed by atoms with Crippen molar-refractivity contribution < 1.29 is 22.7 Å². The van der Waals surface area contributed by atoms with E-state index in [1.54, 1.807) is 18.5 Å². The summed E-state index contributed by atoms with van der Waals surface area (Å²) < 4.78 is 40.8. The number of benzene rings is 1. The van der Waals surface area contributed by atoms with Gasteiger partial charge >= 0.3 is 5.97 Å². The quantitative estimate of drug-likeness (QED) is 0.632. The van der Waals surface area contributed by atoms with Crippen LogP contribution in [-0.4, -0.2) is 40.3 Å². The minimum Gasteiger partial charge on any atom is -0.481 e. The number of fused-ring (bicyclic) bond motifs is 3. The van der Waals surface area contributed by atoms with Gasteiger partial charge in [0.2, 0.25) is 0 Å². The Morgan fingerprint density at radius 2 is 2.07 bits per heavy atom. The summed E-state index contributed by atoms with van der Waals surface area (Å²) in [6, 6.07) is 3.97. The number of aryl methyl sites for hydroxylation is 1. The molecule has 0 saturated heterocycles. The Morgan fingerprint density at radius 3 is 2.71 bits per heavy atom. The number of hydrogen-bond donors (Lipinski definition) is 1. The SMILES string of the molecule is CS(=O)(=O)c1cc(F)cc2c1c(Sc1ncccn1)c1n2CCC1CC(=O)O. The summed E-state index contributed by atoms with van der Waals surface area (Å²) in [5.41, 5.74) is 1.15. The summed E-state index contributed by atoms with van der Waals surface area (Å²) in [5, 5.41) is 10.1. The van der Waals surface area contributed by atoms with E-state index >= 15 is 0 Å². The summed E-state index contributed by atoms with van der Waals surface area (Å²) in [6.45, 7) is 0.493. The van der Waals surface area contributed by atoms with Gasteiger partial charge < -0.3 is 9.67 Å². The first-order valence-corrected chi connectivity index (χ1v) is 11.2. The predicted octanol–water partition coefficient (Wildman–Crippen LogP) is 3.09. The number of carboxylic acid groups (broad SMARTS) is 1. The van der Waals surface area contributed by atoms with E-state index in [0.717, 1.165) is 12.3 Å². The third-order valence-corrected chi connectivity index (χ3v) is 6.86. The molecule has 10 heteroatoms. The van der Waals surface area contributed by atoms with Gasteiger partial charge in [-0.05, 0) is 36.4 Å². The Kier molecular flexibility index (Phi) is 4.62. The highest BCUT2D eigenvalue weighted by atomic mass is 32.2. The summed E-state index contributed by atoms with van der Waals surface area (Å²) in [7, 11) is -3.72. The average molecular weight is 421 g/mol. The molecule has 1 aromatic carbocycles. The van der Waals surface area contributed by atoms with Crippen molar-refractivity contribution in [3.63, 3.8) is 0 Å². The molecule has 146 valence electrons. The van der Waals surface area contributed by atoms with Gasteiger partial charge in [0, 0.05) is 47.1 Å². The molecule has 1 atom stereocenters. The van der Waals surface area contributed by atoms with Crippen LogP contribution < -0.4 is 0 Å². The standard InChI is InChI=1S/C18H16FN3O4S2/c1-28(25,26)13-9-11(19)8-12-15(13)17(27-18-20-4-2-5-21-18)16-10(7-14(23)24)3-6-22(12)16/h2,4-5,8-10H,3,6-7H2,1H3,(H,23,24). The normalized spacial score (nSPS) is 16.4. The minimum atomic E-state index is -3.72. The van der Waals surface area contributed by atoms with Gasteiger partial charge in [-0.3, -0.25) is 4.79 Å². The van der Waals surface area contributed by atoms with E-state index in [0.29, 0.717) is 39.6 Å². The van der Waals surface area contributed by atoms with Crippen molar-refractivity contribution in [1.82, 2.24) is 14.5 Å². The molecular weight excluding hydrogens is 405 g/mol. The Labute approximate surface area is 164 Å². The average Bonchev–Trinajstić information content (AvgIpc) is 3.14. The Balaban J connectivity index is 2.04. The zero-order valence-electron chi connectivity index (χ0n) is 14.8. The lowest BCUT2D eigenvalue weighted by Crippen LogP contribution is -2.04. The number of rotatable bonds is 5. The van der Waals surface area contributed by atoms with Crippen LogP contribution in [0.5, 0.6) is 0 Å². The molecule has 1 unspecified atom stereocenters. The van der Waals surface area contributed by atoms with Gasteiger partial charge in [0.15, 0.2) is 15.0 Å². The van der Waals surface area contributed by atoms with Crippen LogP contribution in [-0.2, 0) is 21.2 Å². The lowest BCUT2D eigenvalue weighted by atomic mass is 10.0. The number of carbonyl (C=O) groups is 1. The van der Waals surface area contributed by atoms with Crippen molar-refractivity contribution in [3.05, 3.63) is 42.1 Å². The fraction of sp³-hybridized carbons (Fsp3) is 0.278. The second kappa shape index (κ2) is 6.85. The highest BCUT2D eigenvalue weighted by Gasteiger charge is 2.34. The first-order valence-electron chi connectivity index (χ1n) is 8.48. The number of carboxylic acids is 1. The van der Waals surface area contributed by atoms with Gasteiger partial charge in [0.25, 0.3) is 0 Å². The Hall–Kier alpha value is -2.46. The van der Waals surface area contributed by atoms with Crippen LogP contribution in [0.3, 0.4) is 0 Å². The van der Waals surface area contributed by atoms with Crippen molar-refractivity contribution in [2.45, 2.75) is 40.3 Å². The highest BCUT2D eigenvalue weighted by Crippen LogP contribution is 2.47. The van der Waals surface area contributed by atoms with E-state index in [-0.39, 0.29) is 17.2 Å². The molecule has 28 heavy (non-hydrogen) atoms. The number of aliphatic carboxylic acids is 1. The van der Waals surface area contributed by atoms with Gasteiger partial charge in [-0.25, -0.2) is 22.8 Å². The number of sulfone groups is 1. The summed E-state index contributed by atoms with van der Waals surface area (Å²) in [4.78, 5) is 20.2. The molecule has 4 rings (SSSR count). The van der Waals surface area contributed by atoms with Crippen LogP contribution in [0.4, 0.5) is 4.39 Å². The molecule has 0 saturated carbocycles. The zero-order chi connectivity index (χ0) is 20.1. The molecule has 0 amide bonds. The van der Waals surface area contributed by atoms with E-state index in [1.165, 1.54) is 17.8 Å². The van der Waals surface area contributed by atoms with Gasteiger partial charge in [0.1, 0.15) is 5.82 Å². The maximum absolute atomic E-state index is 14.2. The molecule has 1 aliphatic rings. The van der Waals surface area contributed by atoms with Crippen molar-refractivity contribution in [1.29, 1.82) is 0 Å². The van der Waals surface area contributed by atoms with E-state index in [2.05, 4.69) is 9.97 Å². The van der Waals surface area contributed by atoms with Crippen molar-refractivity contribution in [2.75, 3.05) is 6.26 Å². The van der Waals surface area contributed by atoms with E-state index in [9.17, 15) is 22.7 Å². The molecule has 1 aliphatic heterocycles.